The summed E-state index contributed by atoms with van der Waals surface area (Å²) >= 11 is 3.16. The van der Waals surface area contributed by atoms with Gasteiger partial charge in [-0.1, -0.05) is 35.2 Å². The van der Waals surface area contributed by atoms with E-state index in [0.717, 1.165) is 20.6 Å². The van der Waals surface area contributed by atoms with Gasteiger partial charge in [0, 0.05) is 11.3 Å². The van der Waals surface area contributed by atoms with Crippen LogP contribution in [0, 0.1) is 0 Å². The lowest BCUT2D eigenvalue weighted by Gasteiger charge is -1.98. The molecule has 0 radical (unpaired) electrons. The van der Waals surface area contributed by atoms with Crippen molar-refractivity contribution >= 4 is 28.8 Å². The Morgan fingerprint density at radius 3 is 2.71 bits per heavy atom. The van der Waals surface area contributed by atoms with Crippen molar-refractivity contribution in [1.82, 2.24) is 10.2 Å². The maximum absolute atomic E-state index is 5.84. The SMILES string of the molecule is CSc1nnc(-c2ccccc2N)s1. The first-order valence-electron chi connectivity index (χ1n) is 4.03. The lowest BCUT2D eigenvalue weighted by molar-refractivity contribution is 1.02. The number of benzene rings is 1. The highest BCUT2D eigenvalue weighted by molar-refractivity contribution is 8.00. The minimum absolute atomic E-state index is 0.747. The Bertz CT molecular complexity index is 439. The minimum atomic E-state index is 0.747. The Balaban J connectivity index is 2.44. The highest BCUT2D eigenvalue weighted by atomic mass is 32.2. The molecular weight excluding hydrogens is 214 g/mol. The minimum Gasteiger partial charge on any atom is -0.398 e. The van der Waals surface area contributed by atoms with Gasteiger partial charge in [-0.15, -0.1) is 10.2 Å². The number of hydrogen-bond acceptors (Lipinski definition) is 5. The molecule has 3 nitrogen and oxygen atoms in total. The predicted molar refractivity (Wildman–Crippen MR) is 61.5 cm³/mol. The van der Waals surface area contributed by atoms with Crippen molar-refractivity contribution in [3.8, 4) is 10.6 Å². The molecule has 0 aliphatic heterocycles. The second-order valence-electron chi connectivity index (χ2n) is 2.66. The Hall–Kier alpha value is -1.07. The van der Waals surface area contributed by atoms with Gasteiger partial charge in [0.25, 0.3) is 0 Å². The average Bonchev–Trinajstić information content (AvgIpc) is 2.67. The molecular formula is C9H9N3S2. The predicted octanol–water partition coefficient (Wildman–Crippen LogP) is 2.51. The van der Waals surface area contributed by atoms with Gasteiger partial charge in [0.1, 0.15) is 0 Å². The van der Waals surface area contributed by atoms with E-state index in [4.69, 9.17) is 5.73 Å². The standard InChI is InChI=1S/C9H9N3S2/c1-13-9-12-11-8(14-9)6-4-2-3-5-7(6)10/h2-5H,10H2,1H3. The first-order valence-corrected chi connectivity index (χ1v) is 6.08. The third kappa shape index (κ3) is 1.73. The van der Waals surface area contributed by atoms with Crippen molar-refractivity contribution in [2.75, 3.05) is 12.0 Å². The van der Waals surface area contributed by atoms with E-state index >= 15 is 0 Å². The van der Waals surface area contributed by atoms with Crippen molar-refractivity contribution in [2.24, 2.45) is 0 Å². The number of rotatable bonds is 2. The van der Waals surface area contributed by atoms with Crippen molar-refractivity contribution in [3.05, 3.63) is 24.3 Å². The Labute approximate surface area is 90.4 Å². The summed E-state index contributed by atoms with van der Waals surface area (Å²) in [5, 5.41) is 9.00. The van der Waals surface area contributed by atoms with Crippen LogP contribution in [0.1, 0.15) is 0 Å². The molecule has 0 fully saturated rings. The molecule has 0 aliphatic rings. The summed E-state index contributed by atoms with van der Waals surface area (Å²) in [4.78, 5) is 0. The molecule has 0 saturated heterocycles. The highest BCUT2D eigenvalue weighted by Gasteiger charge is 2.07. The van der Waals surface area contributed by atoms with Gasteiger partial charge < -0.3 is 5.73 Å². The fraction of sp³-hybridized carbons (Fsp3) is 0.111. The van der Waals surface area contributed by atoms with E-state index in [1.165, 1.54) is 0 Å². The summed E-state index contributed by atoms with van der Waals surface area (Å²) in [6, 6.07) is 7.69. The van der Waals surface area contributed by atoms with Gasteiger partial charge in [-0.2, -0.15) is 0 Å². The van der Waals surface area contributed by atoms with Crippen molar-refractivity contribution < 1.29 is 0 Å². The van der Waals surface area contributed by atoms with E-state index in [9.17, 15) is 0 Å². The quantitative estimate of drug-likeness (QED) is 0.628. The molecule has 72 valence electrons. The van der Waals surface area contributed by atoms with Crippen LogP contribution in [0.25, 0.3) is 10.6 Å². The zero-order valence-electron chi connectivity index (χ0n) is 7.60. The monoisotopic (exact) mass is 223 g/mol. The van der Waals surface area contributed by atoms with Crippen molar-refractivity contribution in [1.29, 1.82) is 0 Å². The molecule has 0 aliphatic carbocycles. The van der Waals surface area contributed by atoms with Gasteiger partial charge in [0.05, 0.1) is 0 Å². The van der Waals surface area contributed by atoms with Gasteiger partial charge >= 0.3 is 0 Å². The van der Waals surface area contributed by atoms with E-state index in [-0.39, 0.29) is 0 Å². The van der Waals surface area contributed by atoms with Crippen LogP contribution >= 0.6 is 23.1 Å². The summed E-state index contributed by atoms with van der Waals surface area (Å²) in [5.74, 6) is 0. The van der Waals surface area contributed by atoms with E-state index in [0.29, 0.717) is 0 Å². The molecule has 0 unspecified atom stereocenters. The molecule has 14 heavy (non-hydrogen) atoms. The third-order valence-corrected chi connectivity index (χ3v) is 3.70. The summed E-state index contributed by atoms with van der Waals surface area (Å²) in [6.07, 6.45) is 1.98. The number of aromatic nitrogens is 2. The van der Waals surface area contributed by atoms with Crippen LogP contribution in [0.4, 0.5) is 5.69 Å². The molecule has 0 saturated carbocycles. The number of nitrogens with zero attached hydrogens (tertiary/aromatic N) is 2. The zero-order chi connectivity index (χ0) is 9.97. The first kappa shape index (κ1) is 9.48. The van der Waals surface area contributed by atoms with Crippen molar-refractivity contribution in [3.63, 3.8) is 0 Å². The van der Waals surface area contributed by atoms with Crippen LogP contribution in [0.5, 0.6) is 0 Å². The van der Waals surface area contributed by atoms with Crippen molar-refractivity contribution in [2.45, 2.75) is 4.34 Å². The van der Waals surface area contributed by atoms with Crippen LogP contribution in [-0.4, -0.2) is 16.5 Å². The lowest BCUT2D eigenvalue weighted by atomic mass is 10.2. The number of thioether (sulfide) groups is 1. The topological polar surface area (TPSA) is 51.8 Å². The molecule has 0 bridgehead atoms. The van der Waals surface area contributed by atoms with Gasteiger partial charge in [-0.05, 0) is 18.4 Å². The molecule has 2 aromatic rings. The molecule has 0 amide bonds. The fourth-order valence-electron chi connectivity index (χ4n) is 1.09. The van der Waals surface area contributed by atoms with Crippen LogP contribution < -0.4 is 5.73 Å². The van der Waals surface area contributed by atoms with Crippen LogP contribution in [0.2, 0.25) is 0 Å². The third-order valence-electron chi connectivity index (χ3n) is 1.77. The zero-order valence-corrected chi connectivity index (χ0v) is 9.23. The molecule has 2 rings (SSSR count). The summed E-state index contributed by atoms with van der Waals surface area (Å²) in [7, 11) is 0. The Kier molecular flexibility index (Phi) is 2.69. The maximum Gasteiger partial charge on any atom is 0.174 e. The normalized spacial score (nSPS) is 10.4. The largest absolute Gasteiger partial charge is 0.398 e. The lowest BCUT2D eigenvalue weighted by Crippen LogP contribution is -1.88. The highest BCUT2D eigenvalue weighted by Crippen LogP contribution is 2.31. The van der Waals surface area contributed by atoms with E-state index in [1.807, 2.05) is 30.5 Å². The first-order chi connectivity index (χ1) is 6.81. The number of nitrogen functional groups attached to an aromatic ring is 1. The Morgan fingerprint density at radius 1 is 1.29 bits per heavy atom. The summed E-state index contributed by atoms with van der Waals surface area (Å²) in [6.45, 7) is 0. The summed E-state index contributed by atoms with van der Waals surface area (Å²) < 4.78 is 0.961. The number of para-hydroxylation sites is 1. The Morgan fingerprint density at radius 2 is 2.07 bits per heavy atom. The molecule has 5 heteroatoms. The number of hydrogen-bond donors (Lipinski definition) is 1. The van der Waals surface area contributed by atoms with E-state index in [1.54, 1.807) is 23.1 Å². The van der Waals surface area contributed by atoms with Crippen LogP contribution in [0.15, 0.2) is 28.6 Å². The van der Waals surface area contributed by atoms with Gasteiger partial charge in [0.15, 0.2) is 9.35 Å². The smallest absolute Gasteiger partial charge is 0.174 e. The van der Waals surface area contributed by atoms with Crippen LogP contribution in [0.3, 0.4) is 0 Å². The molecule has 2 N–H and O–H groups in total. The second-order valence-corrected chi connectivity index (χ2v) is 4.70. The van der Waals surface area contributed by atoms with Gasteiger partial charge in [-0.3, -0.25) is 0 Å². The second kappa shape index (κ2) is 3.98. The maximum atomic E-state index is 5.84. The van der Waals surface area contributed by atoms with Gasteiger partial charge in [-0.25, -0.2) is 0 Å². The number of nitrogens with two attached hydrogens (primary N) is 1. The fourth-order valence-corrected chi connectivity index (χ4v) is 2.41. The molecule has 1 aromatic carbocycles. The van der Waals surface area contributed by atoms with Crippen LogP contribution in [-0.2, 0) is 0 Å². The molecule has 0 spiro atoms. The van der Waals surface area contributed by atoms with E-state index < -0.39 is 0 Å². The molecule has 0 atom stereocenters. The van der Waals surface area contributed by atoms with Gasteiger partial charge in [0.2, 0.25) is 0 Å². The summed E-state index contributed by atoms with van der Waals surface area (Å²) in [5.41, 5.74) is 7.55. The molecule has 1 aromatic heterocycles. The van der Waals surface area contributed by atoms with E-state index in [2.05, 4.69) is 10.2 Å². The average molecular weight is 223 g/mol. The molecule has 1 heterocycles. The number of anilines is 1.